The minimum Gasteiger partial charge on any atom is -0.848 e. The first-order valence-electron chi connectivity index (χ1n) is 7.36. The molecule has 0 N–H and O–H groups in total. The monoisotopic (exact) mass is 311 g/mol. The highest BCUT2D eigenvalue weighted by atomic mass is 16.5. The number of hydrogen-bond donors (Lipinski definition) is 0. The summed E-state index contributed by atoms with van der Waals surface area (Å²) in [7, 11) is 1.72. The highest BCUT2D eigenvalue weighted by molar-refractivity contribution is 5.93. The highest BCUT2D eigenvalue weighted by Gasteiger charge is 2.29. The van der Waals surface area contributed by atoms with Crippen molar-refractivity contribution < 1.29 is 19.0 Å². The van der Waals surface area contributed by atoms with E-state index in [4.69, 9.17) is 4.74 Å². The number of aryl methyl sites for hydroxylation is 1. The third-order valence-corrected chi connectivity index (χ3v) is 3.81. The summed E-state index contributed by atoms with van der Waals surface area (Å²) in [6, 6.07) is 10.9. The molecule has 0 bridgehead atoms. The molecule has 3 aromatic rings. The second-order valence-electron chi connectivity index (χ2n) is 5.18. The summed E-state index contributed by atoms with van der Waals surface area (Å²) in [5.41, 5.74) is 1.95. The Morgan fingerprint density at radius 2 is 2.04 bits per heavy atom. The summed E-state index contributed by atoms with van der Waals surface area (Å²) in [4.78, 5) is 16.8. The fourth-order valence-corrected chi connectivity index (χ4v) is 2.60. The molecule has 2 heterocycles. The molecule has 3 rings (SSSR count). The number of imidazole rings is 1. The molecule has 0 radical (unpaired) electrons. The Morgan fingerprint density at radius 3 is 2.70 bits per heavy atom. The van der Waals surface area contributed by atoms with Gasteiger partial charge in [0.25, 0.3) is 5.69 Å². The molecular weight excluding hydrogens is 294 g/mol. The number of rotatable bonds is 3. The topological polar surface area (TPSA) is 71.3 Å². The second-order valence-corrected chi connectivity index (χ2v) is 5.18. The fourth-order valence-electron chi connectivity index (χ4n) is 2.60. The minimum atomic E-state index is -0.488. The third kappa shape index (κ3) is 2.42. The first kappa shape index (κ1) is 15.0. The lowest BCUT2D eigenvalue weighted by Crippen LogP contribution is -2.30. The summed E-state index contributed by atoms with van der Waals surface area (Å²) in [6.07, 6.45) is 0. The van der Waals surface area contributed by atoms with E-state index >= 15 is 0 Å². The van der Waals surface area contributed by atoms with Crippen LogP contribution >= 0.6 is 0 Å². The van der Waals surface area contributed by atoms with E-state index in [-0.39, 0.29) is 18.2 Å². The standard InChI is InChI=1S/C17H17N3O3/c1-4-23-17(22)15-16-18-13(12-8-6-5-7-9-12)10-14(21)20(16)11(2)19(15)3/h5-10H,4H2,1-3H3. The molecule has 0 amide bonds. The molecule has 0 fully saturated rings. The van der Waals surface area contributed by atoms with Crippen LogP contribution in [0.5, 0.6) is 5.88 Å². The van der Waals surface area contributed by atoms with Gasteiger partial charge in [0.1, 0.15) is 5.69 Å². The summed E-state index contributed by atoms with van der Waals surface area (Å²) in [6.45, 7) is 3.77. The summed E-state index contributed by atoms with van der Waals surface area (Å²) in [5, 5.41) is 12.5. The van der Waals surface area contributed by atoms with Crippen molar-refractivity contribution >= 4 is 11.6 Å². The maximum absolute atomic E-state index is 12.5. The van der Waals surface area contributed by atoms with Crippen molar-refractivity contribution in [1.29, 1.82) is 0 Å². The third-order valence-electron chi connectivity index (χ3n) is 3.81. The van der Waals surface area contributed by atoms with Gasteiger partial charge in [0.2, 0.25) is 5.82 Å². The maximum Gasteiger partial charge on any atom is 0.377 e. The van der Waals surface area contributed by atoms with Crippen LogP contribution in [0.2, 0.25) is 0 Å². The lowest BCUT2D eigenvalue weighted by atomic mass is 10.1. The van der Waals surface area contributed by atoms with Crippen LogP contribution < -0.4 is 9.51 Å². The maximum atomic E-state index is 12.5. The van der Waals surface area contributed by atoms with E-state index < -0.39 is 5.97 Å². The zero-order valence-electron chi connectivity index (χ0n) is 13.2. The van der Waals surface area contributed by atoms with Gasteiger partial charge in [-0.3, -0.25) is 4.57 Å². The van der Waals surface area contributed by atoms with E-state index in [1.54, 1.807) is 25.5 Å². The summed E-state index contributed by atoms with van der Waals surface area (Å²) >= 11 is 0. The van der Waals surface area contributed by atoms with Crippen LogP contribution in [0.15, 0.2) is 36.4 Å². The zero-order chi connectivity index (χ0) is 16.6. The minimum absolute atomic E-state index is 0.225. The number of nitrogens with zero attached hydrogens (tertiary/aromatic N) is 3. The van der Waals surface area contributed by atoms with Gasteiger partial charge in [-0.2, -0.15) is 0 Å². The fraction of sp³-hybridized carbons (Fsp3) is 0.235. The van der Waals surface area contributed by atoms with E-state index in [0.717, 1.165) is 5.56 Å². The van der Waals surface area contributed by atoms with Gasteiger partial charge < -0.3 is 9.84 Å². The Kier molecular flexibility index (Phi) is 3.73. The molecule has 0 aliphatic heterocycles. The van der Waals surface area contributed by atoms with Crippen molar-refractivity contribution in [2.75, 3.05) is 6.61 Å². The number of carbonyl (C=O) groups is 1. The van der Waals surface area contributed by atoms with Crippen molar-refractivity contribution in [2.24, 2.45) is 7.05 Å². The van der Waals surface area contributed by atoms with Crippen LogP contribution in [0.4, 0.5) is 0 Å². The molecule has 2 aromatic heterocycles. The van der Waals surface area contributed by atoms with E-state index in [0.29, 0.717) is 17.2 Å². The van der Waals surface area contributed by atoms with Crippen LogP contribution in [0.1, 0.15) is 23.2 Å². The van der Waals surface area contributed by atoms with Gasteiger partial charge in [0.05, 0.1) is 13.7 Å². The molecule has 0 unspecified atom stereocenters. The van der Waals surface area contributed by atoms with E-state index in [1.165, 1.54) is 10.5 Å². The van der Waals surface area contributed by atoms with Gasteiger partial charge in [0.15, 0.2) is 0 Å². The van der Waals surface area contributed by atoms with Crippen LogP contribution in [0, 0.1) is 6.92 Å². The summed E-state index contributed by atoms with van der Waals surface area (Å²) in [5.74, 6) is -0.0876. The van der Waals surface area contributed by atoms with E-state index in [1.807, 2.05) is 30.3 Å². The Balaban J connectivity index is 2.30. The van der Waals surface area contributed by atoms with Gasteiger partial charge >= 0.3 is 11.6 Å². The smallest absolute Gasteiger partial charge is 0.377 e. The van der Waals surface area contributed by atoms with Crippen molar-refractivity contribution in [1.82, 2.24) is 9.55 Å². The van der Waals surface area contributed by atoms with Crippen molar-refractivity contribution in [3.05, 3.63) is 47.9 Å². The van der Waals surface area contributed by atoms with Gasteiger partial charge in [-0.05, 0) is 6.92 Å². The van der Waals surface area contributed by atoms with Gasteiger partial charge in [-0.1, -0.05) is 35.3 Å². The molecule has 0 aliphatic carbocycles. The second kappa shape index (κ2) is 5.72. The SMILES string of the molecule is CCOC(=O)c1c2nc(-c3ccccc3)cc([O-])[n+]2c(C)n1C. The Hall–Kier alpha value is -2.89. The molecule has 0 aliphatic rings. The summed E-state index contributed by atoms with van der Waals surface area (Å²) < 4.78 is 8.17. The average Bonchev–Trinajstić information content (AvgIpc) is 2.80. The molecule has 6 heteroatoms. The van der Waals surface area contributed by atoms with Gasteiger partial charge in [-0.25, -0.2) is 9.20 Å². The van der Waals surface area contributed by atoms with Crippen molar-refractivity contribution in [3.63, 3.8) is 0 Å². The molecular formula is C17H17N3O3. The Morgan fingerprint density at radius 1 is 1.35 bits per heavy atom. The van der Waals surface area contributed by atoms with Crippen LogP contribution in [0.3, 0.4) is 0 Å². The number of carbonyl (C=O) groups excluding carboxylic acids is 1. The number of hydrogen-bond acceptors (Lipinski definition) is 4. The molecule has 6 nitrogen and oxygen atoms in total. The quantitative estimate of drug-likeness (QED) is 0.541. The molecule has 23 heavy (non-hydrogen) atoms. The predicted octanol–water partition coefficient (Wildman–Crippen LogP) is 1.38. The Labute approximate surface area is 133 Å². The number of benzene rings is 1. The number of aromatic nitrogens is 3. The first-order chi connectivity index (χ1) is 11.0. The predicted molar refractivity (Wildman–Crippen MR) is 81.9 cm³/mol. The highest BCUT2D eigenvalue weighted by Crippen LogP contribution is 2.21. The van der Waals surface area contributed by atoms with Crippen LogP contribution in [-0.4, -0.2) is 22.1 Å². The van der Waals surface area contributed by atoms with Crippen LogP contribution in [0.25, 0.3) is 16.9 Å². The normalized spacial score (nSPS) is 10.9. The van der Waals surface area contributed by atoms with Crippen LogP contribution in [-0.2, 0) is 11.8 Å². The largest absolute Gasteiger partial charge is 0.848 e. The lowest BCUT2D eigenvalue weighted by Gasteiger charge is -2.07. The molecule has 118 valence electrons. The van der Waals surface area contributed by atoms with E-state index in [9.17, 15) is 9.90 Å². The average molecular weight is 311 g/mol. The van der Waals surface area contributed by atoms with E-state index in [2.05, 4.69) is 4.98 Å². The number of fused-ring (bicyclic) bond motifs is 1. The molecule has 0 spiro atoms. The molecule has 1 aromatic carbocycles. The zero-order valence-corrected chi connectivity index (χ0v) is 13.2. The Bertz CT molecular complexity index is 885. The molecule has 0 saturated carbocycles. The van der Waals surface area contributed by atoms with Crippen molar-refractivity contribution in [3.8, 4) is 17.1 Å². The number of ether oxygens (including phenoxy) is 1. The van der Waals surface area contributed by atoms with Gasteiger partial charge in [-0.15, -0.1) is 0 Å². The van der Waals surface area contributed by atoms with Crippen molar-refractivity contribution in [2.45, 2.75) is 13.8 Å². The van der Waals surface area contributed by atoms with Gasteiger partial charge in [0, 0.05) is 24.4 Å². The lowest BCUT2D eigenvalue weighted by molar-refractivity contribution is -0.592. The molecule has 0 atom stereocenters. The first-order valence-corrected chi connectivity index (χ1v) is 7.36. The number of esters is 1. The molecule has 0 saturated heterocycles.